The molecule has 0 aliphatic rings. The smallest absolute Gasteiger partial charge is 0.335 e. The first-order chi connectivity index (χ1) is 7.56. The van der Waals surface area contributed by atoms with E-state index in [4.69, 9.17) is 10.2 Å². The van der Waals surface area contributed by atoms with Gasteiger partial charge in [-0.15, -0.1) is 0 Å². The molecule has 0 saturated heterocycles. The number of aliphatic carboxylic acids is 1. The Labute approximate surface area is 90.3 Å². The Hall–Kier alpha value is -2.30. The van der Waals surface area contributed by atoms with Crippen molar-refractivity contribution in [1.29, 1.82) is 0 Å². The molecule has 0 saturated carbocycles. The number of aromatic amines is 1. The first kappa shape index (κ1) is 10.2. The van der Waals surface area contributed by atoms with Gasteiger partial charge in [0.25, 0.3) is 0 Å². The molecule has 3 N–H and O–H groups in total. The third-order valence-corrected chi connectivity index (χ3v) is 2.27. The van der Waals surface area contributed by atoms with E-state index in [0.717, 1.165) is 5.52 Å². The van der Waals surface area contributed by atoms with E-state index < -0.39 is 11.9 Å². The third-order valence-electron chi connectivity index (χ3n) is 2.27. The van der Waals surface area contributed by atoms with Gasteiger partial charge in [0, 0.05) is 16.6 Å². The predicted molar refractivity (Wildman–Crippen MR) is 56.6 cm³/mol. The Kier molecular flexibility index (Phi) is 2.36. The maximum atomic E-state index is 10.7. The third kappa shape index (κ3) is 1.88. The van der Waals surface area contributed by atoms with Crippen molar-refractivity contribution in [3.63, 3.8) is 0 Å². The van der Waals surface area contributed by atoms with Gasteiger partial charge in [0.15, 0.2) is 0 Å². The second kappa shape index (κ2) is 3.69. The lowest BCUT2D eigenvalue weighted by molar-refractivity contribution is -0.136. The summed E-state index contributed by atoms with van der Waals surface area (Å²) in [7, 11) is 0. The lowest BCUT2D eigenvalue weighted by atomic mass is 10.1. The molecule has 0 aliphatic heterocycles. The quantitative estimate of drug-likeness (QED) is 0.729. The van der Waals surface area contributed by atoms with Gasteiger partial charge < -0.3 is 15.2 Å². The van der Waals surface area contributed by atoms with Crippen molar-refractivity contribution in [3.8, 4) is 0 Å². The largest absolute Gasteiger partial charge is 0.481 e. The minimum Gasteiger partial charge on any atom is -0.481 e. The highest BCUT2D eigenvalue weighted by molar-refractivity contribution is 5.94. The summed E-state index contributed by atoms with van der Waals surface area (Å²) >= 11 is 0. The number of carboxylic acids is 2. The van der Waals surface area contributed by atoms with E-state index in [1.807, 2.05) is 0 Å². The fourth-order valence-electron chi connectivity index (χ4n) is 1.58. The van der Waals surface area contributed by atoms with Crippen molar-refractivity contribution in [2.45, 2.75) is 6.42 Å². The average Bonchev–Trinajstić information content (AvgIpc) is 2.56. The fourth-order valence-corrected chi connectivity index (χ4v) is 1.58. The van der Waals surface area contributed by atoms with Gasteiger partial charge in [-0.05, 0) is 24.3 Å². The number of aromatic carboxylic acids is 1. The topological polar surface area (TPSA) is 90.4 Å². The number of nitrogens with one attached hydrogen (secondary N) is 1. The van der Waals surface area contributed by atoms with Gasteiger partial charge in [-0.1, -0.05) is 0 Å². The van der Waals surface area contributed by atoms with Gasteiger partial charge in [0.1, 0.15) is 0 Å². The number of hydrogen-bond acceptors (Lipinski definition) is 2. The Morgan fingerprint density at radius 3 is 2.56 bits per heavy atom. The SMILES string of the molecule is O=C(O)Cc1cc2cc(C(=O)O)ccc2[nH]1. The maximum absolute atomic E-state index is 10.7. The van der Waals surface area contributed by atoms with Crippen LogP contribution in [0.5, 0.6) is 0 Å². The number of benzene rings is 1. The van der Waals surface area contributed by atoms with Gasteiger partial charge in [-0.2, -0.15) is 0 Å². The van der Waals surface area contributed by atoms with E-state index in [1.165, 1.54) is 12.1 Å². The van der Waals surface area contributed by atoms with Crippen LogP contribution >= 0.6 is 0 Å². The molecule has 0 unspecified atom stereocenters. The first-order valence-corrected chi connectivity index (χ1v) is 4.63. The summed E-state index contributed by atoms with van der Waals surface area (Å²) in [5, 5.41) is 18.1. The minimum atomic E-state index is -0.997. The number of carbonyl (C=O) groups is 2. The molecule has 0 atom stereocenters. The molecule has 1 aromatic heterocycles. The highest BCUT2D eigenvalue weighted by Crippen LogP contribution is 2.17. The van der Waals surface area contributed by atoms with Crippen LogP contribution in [0.3, 0.4) is 0 Å². The van der Waals surface area contributed by atoms with Crippen molar-refractivity contribution in [1.82, 2.24) is 4.98 Å². The van der Waals surface area contributed by atoms with Crippen molar-refractivity contribution in [2.75, 3.05) is 0 Å². The molecule has 0 spiro atoms. The highest BCUT2D eigenvalue weighted by atomic mass is 16.4. The standard InChI is InChI=1S/C11H9NO4/c13-10(14)5-8-4-7-3-6(11(15)16)1-2-9(7)12-8/h1-4,12H,5H2,(H,13,14)(H,15,16). The Bertz CT molecular complexity index is 570. The number of carboxylic acid groups (broad SMARTS) is 2. The molecule has 16 heavy (non-hydrogen) atoms. The molecular weight excluding hydrogens is 210 g/mol. The summed E-state index contributed by atoms with van der Waals surface area (Å²) in [6.45, 7) is 0. The van der Waals surface area contributed by atoms with Crippen molar-refractivity contribution in [3.05, 3.63) is 35.5 Å². The van der Waals surface area contributed by atoms with E-state index in [9.17, 15) is 9.59 Å². The number of fused-ring (bicyclic) bond motifs is 1. The summed E-state index contributed by atoms with van der Waals surface area (Å²) < 4.78 is 0. The summed E-state index contributed by atoms with van der Waals surface area (Å²) in [6.07, 6.45) is -0.100. The van der Waals surface area contributed by atoms with Gasteiger partial charge in [0.05, 0.1) is 12.0 Å². The van der Waals surface area contributed by atoms with Crippen LogP contribution in [0.15, 0.2) is 24.3 Å². The van der Waals surface area contributed by atoms with Crippen LogP contribution in [0.4, 0.5) is 0 Å². The molecule has 1 aromatic carbocycles. The van der Waals surface area contributed by atoms with E-state index in [0.29, 0.717) is 11.1 Å². The van der Waals surface area contributed by atoms with Gasteiger partial charge >= 0.3 is 11.9 Å². The van der Waals surface area contributed by atoms with E-state index in [2.05, 4.69) is 4.98 Å². The fraction of sp³-hybridized carbons (Fsp3) is 0.0909. The summed E-state index contributed by atoms with van der Waals surface area (Å²) in [5.74, 6) is -1.92. The molecular formula is C11H9NO4. The molecule has 5 nitrogen and oxygen atoms in total. The summed E-state index contributed by atoms with van der Waals surface area (Å²) in [6, 6.07) is 6.27. The van der Waals surface area contributed by atoms with Crippen molar-refractivity contribution >= 4 is 22.8 Å². The van der Waals surface area contributed by atoms with Crippen LogP contribution in [-0.4, -0.2) is 27.1 Å². The number of rotatable bonds is 3. The van der Waals surface area contributed by atoms with Crippen molar-refractivity contribution < 1.29 is 19.8 Å². The Morgan fingerprint density at radius 2 is 1.94 bits per heavy atom. The molecule has 0 bridgehead atoms. The number of aromatic nitrogens is 1. The van der Waals surface area contributed by atoms with Gasteiger partial charge in [-0.25, -0.2) is 4.79 Å². The number of H-pyrrole nitrogens is 1. The zero-order valence-electron chi connectivity index (χ0n) is 8.23. The van der Waals surface area contributed by atoms with Crippen LogP contribution < -0.4 is 0 Å². The summed E-state index contributed by atoms with van der Waals surface area (Å²) in [5.41, 5.74) is 1.49. The van der Waals surface area contributed by atoms with E-state index in [-0.39, 0.29) is 12.0 Å². The maximum Gasteiger partial charge on any atom is 0.335 e. The van der Waals surface area contributed by atoms with Crippen LogP contribution in [0.25, 0.3) is 10.9 Å². The van der Waals surface area contributed by atoms with Crippen LogP contribution in [0, 0.1) is 0 Å². The Balaban J connectivity index is 2.45. The molecule has 0 amide bonds. The van der Waals surface area contributed by atoms with Crippen LogP contribution in [-0.2, 0) is 11.2 Å². The minimum absolute atomic E-state index is 0.100. The molecule has 2 rings (SSSR count). The molecule has 0 fully saturated rings. The molecule has 5 heteroatoms. The van der Waals surface area contributed by atoms with E-state index >= 15 is 0 Å². The lowest BCUT2D eigenvalue weighted by Gasteiger charge is -1.93. The normalized spacial score (nSPS) is 10.5. The van der Waals surface area contributed by atoms with E-state index in [1.54, 1.807) is 12.1 Å². The zero-order valence-corrected chi connectivity index (χ0v) is 8.23. The zero-order chi connectivity index (χ0) is 11.7. The Morgan fingerprint density at radius 1 is 1.19 bits per heavy atom. The number of hydrogen-bond donors (Lipinski definition) is 3. The second-order valence-electron chi connectivity index (χ2n) is 3.47. The highest BCUT2D eigenvalue weighted by Gasteiger charge is 2.07. The molecule has 82 valence electrons. The predicted octanol–water partition coefficient (Wildman–Crippen LogP) is 1.49. The molecule has 1 heterocycles. The molecule has 0 aliphatic carbocycles. The first-order valence-electron chi connectivity index (χ1n) is 4.63. The molecule has 2 aromatic rings. The monoisotopic (exact) mass is 219 g/mol. The van der Waals surface area contributed by atoms with Crippen LogP contribution in [0.1, 0.15) is 16.1 Å². The molecule has 0 radical (unpaired) electrons. The van der Waals surface area contributed by atoms with Crippen LogP contribution in [0.2, 0.25) is 0 Å². The van der Waals surface area contributed by atoms with Gasteiger partial charge in [-0.3, -0.25) is 4.79 Å². The van der Waals surface area contributed by atoms with Gasteiger partial charge in [0.2, 0.25) is 0 Å². The van der Waals surface area contributed by atoms with Crippen molar-refractivity contribution in [2.24, 2.45) is 0 Å². The second-order valence-corrected chi connectivity index (χ2v) is 3.47. The summed E-state index contributed by atoms with van der Waals surface area (Å²) in [4.78, 5) is 24.2. The average molecular weight is 219 g/mol. The lowest BCUT2D eigenvalue weighted by Crippen LogP contribution is -1.99.